The predicted octanol–water partition coefficient (Wildman–Crippen LogP) is 1.62. The molecule has 22 heavy (non-hydrogen) atoms. The minimum absolute atomic E-state index is 0.0336. The molecule has 0 fully saturated rings. The van der Waals surface area contributed by atoms with Crippen molar-refractivity contribution in [2.45, 2.75) is 19.9 Å². The summed E-state index contributed by atoms with van der Waals surface area (Å²) in [6.45, 7) is 6.94. The van der Waals surface area contributed by atoms with Gasteiger partial charge in [-0.05, 0) is 25.1 Å². The lowest BCUT2D eigenvalue weighted by Crippen LogP contribution is -2.42. The molecule has 0 saturated heterocycles. The SMILES string of the molecule is C=CCN(C(C)=O)C(C)C(=O)c1ccc2c(c1)NC(=O)CO2. The lowest BCUT2D eigenvalue weighted by atomic mass is 10.0. The fraction of sp³-hybridized carbons (Fsp3) is 0.312. The Morgan fingerprint density at radius 2 is 2.23 bits per heavy atom. The largest absolute Gasteiger partial charge is 0.482 e. The van der Waals surface area contributed by atoms with Gasteiger partial charge in [0.2, 0.25) is 5.91 Å². The second kappa shape index (κ2) is 6.43. The summed E-state index contributed by atoms with van der Waals surface area (Å²) in [6, 6.07) is 4.22. The molecule has 6 heteroatoms. The molecule has 0 spiro atoms. The van der Waals surface area contributed by atoms with Crippen molar-refractivity contribution in [1.29, 1.82) is 0 Å². The number of ketones is 1. The molecule has 0 bridgehead atoms. The zero-order valence-electron chi connectivity index (χ0n) is 12.6. The van der Waals surface area contributed by atoms with Gasteiger partial charge >= 0.3 is 0 Å². The summed E-state index contributed by atoms with van der Waals surface area (Å²) in [5, 5.41) is 2.66. The Morgan fingerprint density at radius 1 is 1.50 bits per heavy atom. The number of rotatable bonds is 5. The van der Waals surface area contributed by atoms with E-state index in [-0.39, 0.29) is 24.2 Å². The second-order valence-electron chi connectivity index (χ2n) is 5.05. The first-order chi connectivity index (χ1) is 10.4. The number of hydrogen-bond donors (Lipinski definition) is 1. The molecule has 1 heterocycles. The molecule has 0 aromatic heterocycles. The van der Waals surface area contributed by atoms with Gasteiger partial charge in [-0.25, -0.2) is 0 Å². The minimum Gasteiger partial charge on any atom is -0.482 e. The average Bonchev–Trinajstić information content (AvgIpc) is 2.50. The molecule has 1 unspecified atom stereocenters. The maximum Gasteiger partial charge on any atom is 0.262 e. The number of nitrogens with zero attached hydrogens (tertiary/aromatic N) is 1. The van der Waals surface area contributed by atoms with Gasteiger partial charge in [0.15, 0.2) is 12.4 Å². The molecule has 2 amide bonds. The smallest absolute Gasteiger partial charge is 0.262 e. The number of ether oxygens (including phenoxy) is 1. The van der Waals surface area contributed by atoms with Crippen LogP contribution in [0.2, 0.25) is 0 Å². The molecule has 1 aliphatic heterocycles. The highest BCUT2D eigenvalue weighted by molar-refractivity contribution is 6.04. The molecule has 1 aromatic rings. The van der Waals surface area contributed by atoms with E-state index in [1.807, 2.05) is 0 Å². The van der Waals surface area contributed by atoms with Crippen LogP contribution < -0.4 is 10.1 Å². The van der Waals surface area contributed by atoms with Gasteiger partial charge in [0.1, 0.15) is 5.75 Å². The fourth-order valence-electron chi connectivity index (χ4n) is 2.32. The summed E-state index contributed by atoms with van der Waals surface area (Å²) in [6.07, 6.45) is 1.58. The first-order valence-electron chi connectivity index (χ1n) is 6.93. The van der Waals surface area contributed by atoms with E-state index in [0.29, 0.717) is 23.5 Å². The monoisotopic (exact) mass is 302 g/mol. The zero-order chi connectivity index (χ0) is 16.3. The maximum atomic E-state index is 12.6. The highest BCUT2D eigenvalue weighted by Gasteiger charge is 2.25. The molecule has 0 aliphatic carbocycles. The van der Waals surface area contributed by atoms with Gasteiger partial charge in [0.25, 0.3) is 5.91 Å². The van der Waals surface area contributed by atoms with Crippen molar-refractivity contribution >= 4 is 23.3 Å². The summed E-state index contributed by atoms with van der Waals surface area (Å²) in [5.74, 6) is -0.143. The quantitative estimate of drug-likeness (QED) is 0.662. The Kier molecular flexibility index (Phi) is 4.60. The lowest BCUT2D eigenvalue weighted by molar-refractivity contribution is -0.129. The number of nitrogens with one attached hydrogen (secondary N) is 1. The molecule has 1 aromatic carbocycles. The van der Waals surface area contributed by atoms with Crippen LogP contribution in [0.5, 0.6) is 5.75 Å². The number of hydrogen-bond acceptors (Lipinski definition) is 4. The molecule has 0 saturated carbocycles. The highest BCUT2D eigenvalue weighted by atomic mass is 16.5. The normalized spacial score (nSPS) is 14.2. The van der Waals surface area contributed by atoms with E-state index in [4.69, 9.17) is 4.74 Å². The predicted molar refractivity (Wildman–Crippen MR) is 81.9 cm³/mol. The molecule has 6 nitrogen and oxygen atoms in total. The second-order valence-corrected chi connectivity index (χ2v) is 5.05. The topological polar surface area (TPSA) is 75.7 Å². The molecular weight excluding hydrogens is 284 g/mol. The van der Waals surface area contributed by atoms with E-state index >= 15 is 0 Å². The first kappa shape index (κ1) is 15.8. The molecule has 1 atom stereocenters. The molecule has 0 radical (unpaired) electrons. The van der Waals surface area contributed by atoms with Crippen LogP contribution in [-0.4, -0.2) is 41.7 Å². The van der Waals surface area contributed by atoms with E-state index in [1.54, 1.807) is 31.2 Å². The lowest BCUT2D eigenvalue weighted by Gasteiger charge is -2.26. The molecule has 2 rings (SSSR count). The van der Waals surface area contributed by atoms with E-state index < -0.39 is 6.04 Å². The van der Waals surface area contributed by atoms with Crippen molar-refractivity contribution in [3.63, 3.8) is 0 Å². The number of carbonyl (C=O) groups is 3. The van der Waals surface area contributed by atoms with E-state index in [1.165, 1.54) is 11.8 Å². The Morgan fingerprint density at radius 3 is 2.86 bits per heavy atom. The van der Waals surface area contributed by atoms with Gasteiger partial charge in [-0.1, -0.05) is 6.08 Å². The Bertz CT molecular complexity index is 639. The van der Waals surface area contributed by atoms with E-state index in [2.05, 4.69) is 11.9 Å². The van der Waals surface area contributed by atoms with Crippen LogP contribution in [0.1, 0.15) is 24.2 Å². The fourth-order valence-corrected chi connectivity index (χ4v) is 2.32. The van der Waals surface area contributed by atoms with Crippen LogP contribution in [0.3, 0.4) is 0 Å². The van der Waals surface area contributed by atoms with Crippen molar-refractivity contribution < 1.29 is 19.1 Å². The van der Waals surface area contributed by atoms with Crippen LogP contribution in [0, 0.1) is 0 Å². The maximum absolute atomic E-state index is 12.6. The summed E-state index contributed by atoms with van der Waals surface area (Å²) in [7, 11) is 0. The number of amides is 2. The summed E-state index contributed by atoms with van der Waals surface area (Å²) < 4.78 is 5.25. The van der Waals surface area contributed by atoms with Crippen LogP contribution in [-0.2, 0) is 9.59 Å². The van der Waals surface area contributed by atoms with Crippen molar-refractivity contribution in [3.8, 4) is 5.75 Å². The van der Waals surface area contributed by atoms with Crippen molar-refractivity contribution in [3.05, 3.63) is 36.4 Å². The van der Waals surface area contributed by atoms with Crippen LogP contribution >= 0.6 is 0 Å². The zero-order valence-corrected chi connectivity index (χ0v) is 12.6. The third-order valence-corrected chi connectivity index (χ3v) is 3.47. The number of benzene rings is 1. The molecule has 1 aliphatic rings. The highest BCUT2D eigenvalue weighted by Crippen LogP contribution is 2.29. The Hall–Kier alpha value is -2.63. The Labute approximate surface area is 128 Å². The average molecular weight is 302 g/mol. The number of fused-ring (bicyclic) bond motifs is 1. The third kappa shape index (κ3) is 3.16. The van der Waals surface area contributed by atoms with Gasteiger partial charge in [-0.2, -0.15) is 0 Å². The van der Waals surface area contributed by atoms with Crippen molar-refractivity contribution in [1.82, 2.24) is 4.90 Å². The standard InChI is InChI=1S/C16H18N2O4/c1-4-7-18(11(3)19)10(2)16(21)12-5-6-14-13(8-12)17-15(20)9-22-14/h4-6,8,10H,1,7,9H2,2-3H3,(H,17,20). The number of carbonyl (C=O) groups excluding carboxylic acids is 3. The van der Waals surface area contributed by atoms with Gasteiger partial charge < -0.3 is 15.0 Å². The van der Waals surface area contributed by atoms with Crippen LogP contribution in [0.15, 0.2) is 30.9 Å². The number of anilines is 1. The van der Waals surface area contributed by atoms with Gasteiger partial charge in [0, 0.05) is 19.0 Å². The number of Topliss-reactive ketones (excluding diaryl/α,β-unsaturated/α-hetero) is 1. The van der Waals surface area contributed by atoms with Crippen LogP contribution in [0.25, 0.3) is 0 Å². The van der Waals surface area contributed by atoms with Crippen molar-refractivity contribution in [2.24, 2.45) is 0 Å². The van der Waals surface area contributed by atoms with Crippen molar-refractivity contribution in [2.75, 3.05) is 18.5 Å². The van der Waals surface area contributed by atoms with Gasteiger partial charge in [0.05, 0.1) is 11.7 Å². The van der Waals surface area contributed by atoms with Crippen LogP contribution in [0.4, 0.5) is 5.69 Å². The molecule has 1 N–H and O–H groups in total. The molecular formula is C16H18N2O4. The third-order valence-electron chi connectivity index (χ3n) is 3.47. The van der Waals surface area contributed by atoms with E-state index in [9.17, 15) is 14.4 Å². The minimum atomic E-state index is -0.617. The van der Waals surface area contributed by atoms with Gasteiger partial charge in [-0.15, -0.1) is 6.58 Å². The first-order valence-corrected chi connectivity index (χ1v) is 6.93. The van der Waals surface area contributed by atoms with Gasteiger partial charge in [-0.3, -0.25) is 14.4 Å². The summed E-state index contributed by atoms with van der Waals surface area (Å²) in [4.78, 5) is 37.0. The summed E-state index contributed by atoms with van der Waals surface area (Å²) in [5.41, 5.74) is 0.875. The summed E-state index contributed by atoms with van der Waals surface area (Å²) >= 11 is 0. The van der Waals surface area contributed by atoms with E-state index in [0.717, 1.165) is 0 Å². The Balaban J connectivity index is 2.25. The molecule has 116 valence electrons.